The van der Waals surface area contributed by atoms with Crippen LogP contribution in [0.3, 0.4) is 0 Å². The van der Waals surface area contributed by atoms with E-state index in [1.165, 1.54) is 23.9 Å². The van der Waals surface area contributed by atoms with Gasteiger partial charge in [-0.3, -0.25) is 9.59 Å². The molecule has 1 saturated heterocycles. The van der Waals surface area contributed by atoms with Gasteiger partial charge in [-0.15, -0.1) is 11.8 Å². The lowest BCUT2D eigenvalue weighted by atomic mass is 10.2. The average molecular weight is 268 g/mol. The number of anilines is 1. The molecule has 1 aromatic rings. The van der Waals surface area contributed by atoms with Crippen LogP contribution < -0.4 is 10.6 Å². The Balaban J connectivity index is 1.92. The second-order valence-corrected chi connectivity index (χ2v) is 5.19. The minimum Gasteiger partial charge on any atom is -0.354 e. The summed E-state index contributed by atoms with van der Waals surface area (Å²) in [6.07, 6.45) is 0.0604. The number of halogens is 1. The molecule has 0 bridgehead atoms. The Morgan fingerprint density at radius 1 is 1.50 bits per heavy atom. The van der Waals surface area contributed by atoms with Crippen LogP contribution in [-0.2, 0) is 9.59 Å². The monoisotopic (exact) mass is 268 g/mol. The summed E-state index contributed by atoms with van der Waals surface area (Å²) in [6, 6.07) is 5.95. The third kappa shape index (κ3) is 3.22. The Morgan fingerprint density at radius 2 is 2.28 bits per heavy atom. The van der Waals surface area contributed by atoms with E-state index < -0.39 is 5.82 Å². The third-order valence-electron chi connectivity index (χ3n) is 2.53. The smallest absolute Gasteiger partial charge is 0.233 e. The van der Waals surface area contributed by atoms with Gasteiger partial charge in [0.05, 0.1) is 10.9 Å². The molecule has 1 aliphatic rings. The van der Waals surface area contributed by atoms with Crippen LogP contribution in [0.4, 0.5) is 10.1 Å². The third-order valence-corrected chi connectivity index (χ3v) is 3.75. The molecular weight excluding hydrogens is 255 g/mol. The van der Waals surface area contributed by atoms with Gasteiger partial charge in [0.2, 0.25) is 11.8 Å². The summed E-state index contributed by atoms with van der Waals surface area (Å²) in [5.41, 5.74) is 0.142. The molecule has 0 radical (unpaired) electrons. The van der Waals surface area contributed by atoms with Crippen molar-refractivity contribution < 1.29 is 14.0 Å². The number of amides is 2. The number of carbonyl (C=O) groups excluding carboxylic acids is 2. The van der Waals surface area contributed by atoms with Crippen molar-refractivity contribution in [1.82, 2.24) is 5.32 Å². The zero-order chi connectivity index (χ0) is 13.0. The molecule has 1 fully saturated rings. The molecule has 4 nitrogen and oxygen atoms in total. The number of nitrogens with one attached hydrogen (secondary N) is 2. The zero-order valence-electron chi connectivity index (χ0n) is 9.61. The molecule has 18 heavy (non-hydrogen) atoms. The predicted molar refractivity (Wildman–Crippen MR) is 68.9 cm³/mol. The first-order valence-corrected chi connectivity index (χ1v) is 6.65. The maximum absolute atomic E-state index is 13.3. The van der Waals surface area contributed by atoms with E-state index in [4.69, 9.17) is 0 Å². The summed E-state index contributed by atoms with van der Waals surface area (Å²) in [5.74, 6) is -0.167. The Hall–Kier alpha value is -1.56. The van der Waals surface area contributed by atoms with Crippen molar-refractivity contribution in [2.75, 3.05) is 17.6 Å². The number of benzene rings is 1. The molecule has 0 aliphatic carbocycles. The maximum Gasteiger partial charge on any atom is 0.233 e. The summed E-state index contributed by atoms with van der Waals surface area (Å²) in [5, 5.41) is 4.79. The normalized spacial score (nSPS) is 19.2. The molecule has 1 aliphatic heterocycles. The maximum atomic E-state index is 13.3. The van der Waals surface area contributed by atoms with Gasteiger partial charge in [-0.1, -0.05) is 12.1 Å². The minimum atomic E-state index is -0.480. The molecule has 2 amide bonds. The summed E-state index contributed by atoms with van der Waals surface area (Å²) in [7, 11) is 0. The molecule has 2 rings (SSSR count). The van der Waals surface area contributed by atoms with Gasteiger partial charge in [-0.25, -0.2) is 4.39 Å². The van der Waals surface area contributed by atoms with E-state index in [1.54, 1.807) is 12.1 Å². The van der Waals surface area contributed by atoms with E-state index in [-0.39, 0.29) is 29.2 Å². The topological polar surface area (TPSA) is 58.2 Å². The molecule has 96 valence electrons. The molecule has 0 unspecified atom stereocenters. The first-order chi connectivity index (χ1) is 8.66. The number of rotatable bonds is 3. The van der Waals surface area contributed by atoms with Crippen LogP contribution in [0, 0.1) is 5.82 Å². The van der Waals surface area contributed by atoms with Crippen LogP contribution in [-0.4, -0.2) is 29.4 Å². The molecule has 1 aromatic carbocycles. The van der Waals surface area contributed by atoms with Gasteiger partial charge in [-0.2, -0.15) is 0 Å². The van der Waals surface area contributed by atoms with Crippen LogP contribution in [0.5, 0.6) is 0 Å². The fourth-order valence-corrected chi connectivity index (χ4v) is 2.66. The van der Waals surface area contributed by atoms with E-state index in [1.807, 2.05) is 0 Å². The first-order valence-electron chi connectivity index (χ1n) is 5.60. The standard InChI is InChI=1S/C12H13FN2O2S/c13-8-3-1-2-4-9(8)15-11(16)7-10-12(17)14-5-6-18-10/h1-4,10H,5-7H2,(H,14,17)(H,15,16)/t10-/m0/s1. The van der Waals surface area contributed by atoms with Gasteiger partial charge >= 0.3 is 0 Å². The Labute approximate surface area is 108 Å². The largest absolute Gasteiger partial charge is 0.354 e. The van der Waals surface area contributed by atoms with E-state index in [2.05, 4.69) is 10.6 Å². The molecule has 1 heterocycles. The zero-order valence-corrected chi connectivity index (χ0v) is 10.4. The highest BCUT2D eigenvalue weighted by Crippen LogP contribution is 2.19. The quantitative estimate of drug-likeness (QED) is 0.871. The summed E-state index contributed by atoms with van der Waals surface area (Å²) >= 11 is 1.45. The molecule has 0 aromatic heterocycles. The first kappa shape index (κ1) is 12.9. The molecular formula is C12H13FN2O2S. The molecule has 0 saturated carbocycles. The predicted octanol–water partition coefficient (Wildman–Crippen LogP) is 1.39. The van der Waals surface area contributed by atoms with E-state index >= 15 is 0 Å². The Bertz CT molecular complexity index is 467. The highest BCUT2D eigenvalue weighted by Gasteiger charge is 2.25. The van der Waals surface area contributed by atoms with Crippen LogP contribution in [0.15, 0.2) is 24.3 Å². The summed E-state index contributed by atoms with van der Waals surface area (Å²) < 4.78 is 13.3. The van der Waals surface area contributed by atoms with Gasteiger partial charge in [0.1, 0.15) is 5.82 Å². The van der Waals surface area contributed by atoms with Gasteiger partial charge in [-0.05, 0) is 12.1 Å². The van der Waals surface area contributed by atoms with Crippen LogP contribution in [0.1, 0.15) is 6.42 Å². The van der Waals surface area contributed by atoms with Crippen molar-refractivity contribution in [2.45, 2.75) is 11.7 Å². The van der Waals surface area contributed by atoms with Crippen molar-refractivity contribution >= 4 is 29.3 Å². The van der Waals surface area contributed by atoms with Crippen molar-refractivity contribution in [3.05, 3.63) is 30.1 Å². The number of hydrogen-bond donors (Lipinski definition) is 2. The van der Waals surface area contributed by atoms with Crippen LogP contribution >= 0.6 is 11.8 Å². The molecule has 2 N–H and O–H groups in total. The lowest BCUT2D eigenvalue weighted by Crippen LogP contribution is -2.40. The van der Waals surface area contributed by atoms with Gasteiger partial charge < -0.3 is 10.6 Å². The number of thioether (sulfide) groups is 1. The summed E-state index contributed by atoms with van der Waals surface area (Å²) in [6.45, 7) is 0.634. The average Bonchev–Trinajstić information content (AvgIpc) is 2.35. The minimum absolute atomic E-state index is 0.0604. The lowest BCUT2D eigenvalue weighted by molar-refractivity contribution is -0.123. The summed E-state index contributed by atoms with van der Waals surface area (Å²) in [4.78, 5) is 23.2. The molecule has 0 spiro atoms. The van der Waals surface area contributed by atoms with Gasteiger partial charge in [0.25, 0.3) is 0 Å². The SMILES string of the molecule is O=C(C[C@@H]1SCCNC1=O)Nc1ccccc1F. The van der Waals surface area contributed by atoms with Gasteiger partial charge in [0.15, 0.2) is 0 Å². The van der Waals surface area contributed by atoms with E-state index in [0.29, 0.717) is 6.54 Å². The van der Waals surface area contributed by atoms with E-state index in [9.17, 15) is 14.0 Å². The van der Waals surface area contributed by atoms with Crippen molar-refractivity contribution in [3.63, 3.8) is 0 Å². The van der Waals surface area contributed by atoms with Crippen LogP contribution in [0.25, 0.3) is 0 Å². The fourth-order valence-electron chi connectivity index (χ4n) is 1.65. The van der Waals surface area contributed by atoms with Crippen molar-refractivity contribution in [1.29, 1.82) is 0 Å². The molecule has 1 atom stereocenters. The highest BCUT2D eigenvalue weighted by molar-refractivity contribution is 8.00. The fraction of sp³-hybridized carbons (Fsp3) is 0.333. The number of para-hydroxylation sites is 1. The van der Waals surface area contributed by atoms with Crippen molar-refractivity contribution in [3.8, 4) is 0 Å². The number of carbonyl (C=O) groups is 2. The lowest BCUT2D eigenvalue weighted by Gasteiger charge is -2.20. The second-order valence-electron chi connectivity index (χ2n) is 3.88. The van der Waals surface area contributed by atoms with E-state index in [0.717, 1.165) is 5.75 Å². The Kier molecular flexibility index (Phi) is 4.19. The Morgan fingerprint density at radius 3 is 3.00 bits per heavy atom. The van der Waals surface area contributed by atoms with Crippen LogP contribution in [0.2, 0.25) is 0 Å². The van der Waals surface area contributed by atoms with Gasteiger partial charge in [0, 0.05) is 18.7 Å². The second kappa shape index (κ2) is 5.86. The highest BCUT2D eigenvalue weighted by atomic mass is 32.2. The molecule has 6 heteroatoms. The number of hydrogen-bond acceptors (Lipinski definition) is 3. The van der Waals surface area contributed by atoms with Crippen molar-refractivity contribution in [2.24, 2.45) is 0 Å².